The van der Waals surface area contributed by atoms with E-state index in [1.807, 2.05) is 18.7 Å². The predicted octanol–water partition coefficient (Wildman–Crippen LogP) is 3.80. The molecule has 4 heterocycles. The van der Waals surface area contributed by atoms with Crippen molar-refractivity contribution in [1.29, 1.82) is 5.26 Å². The normalized spacial score (nSPS) is 17.8. The molecule has 1 saturated carbocycles. The van der Waals surface area contributed by atoms with E-state index in [1.165, 1.54) is 6.26 Å². The van der Waals surface area contributed by atoms with Gasteiger partial charge in [0.2, 0.25) is 23.4 Å². The Balaban J connectivity index is 1.22. The summed E-state index contributed by atoms with van der Waals surface area (Å²) < 4.78 is 16.6. The number of amides is 1. The molecule has 0 bridgehead atoms. The van der Waals surface area contributed by atoms with Crippen LogP contribution in [0.5, 0.6) is 0 Å². The third-order valence-electron chi connectivity index (χ3n) is 6.23. The Hall–Kier alpha value is -3.61. The largest absolute Gasteiger partial charge is 0.459 e. The smallest absolute Gasteiger partial charge is 0.266 e. The number of piperidine rings is 1. The van der Waals surface area contributed by atoms with E-state index in [0.29, 0.717) is 49.4 Å². The Kier molecular flexibility index (Phi) is 5.62. The molecule has 1 saturated heterocycles. The van der Waals surface area contributed by atoms with Crippen molar-refractivity contribution >= 4 is 11.8 Å². The first kappa shape index (κ1) is 21.2. The number of rotatable bonds is 7. The van der Waals surface area contributed by atoms with Gasteiger partial charge in [0.25, 0.3) is 5.89 Å². The van der Waals surface area contributed by atoms with Crippen LogP contribution in [0.4, 0.5) is 5.88 Å². The molecule has 1 amide bonds. The molecule has 1 unspecified atom stereocenters. The second-order valence-corrected chi connectivity index (χ2v) is 9.02. The molecule has 2 aliphatic rings. The molecule has 0 radical (unpaired) electrons. The number of anilines is 1. The van der Waals surface area contributed by atoms with Crippen LogP contribution in [0.3, 0.4) is 0 Å². The highest BCUT2D eigenvalue weighted by atomic mass is 16.5. The van der Waals surface area contributed by atoms with Crippen LogP contribution in [-0.4, -0.2) is 34.1 Å². The zero-order valence-electron chi connectivity index (χ0n) is 18.7. The summed E-state index contributed by atoms with van der Waals surface area (Å²) in [6.45, 7) is 5.22. The van der Waals surface area contributed by atoms with E-state index in [9.17, 15) is 10.1 Å². The van der Waals surface area contributed by atoms with Crippen molar-refractivity contribution in [2.45, 2.75) is 51.5 Å². The first-order valence-electron chi connectivity index (χ1n) is 11.4. The number of nitrogens with zero attached hydrogens (tertiary/aromatic N) is 5. The van der Waals surface area contributed by atoms with Gasteiger partial charge in [-0.25, -0.2) is 0 Å². The number of oxazole rings is 1. The molecule has 3 aromatic rings. The Morgan fingerprint density at radius 1 is 1.24 bits per heavy atom. The number of nitriles is 1. The molecule has 3 aromatic heterocycles. The minimum Gasteiger partial charge on any atom is -0.459 e. The summed E-state index contributed by atoms with van der Waals surface area (Å²) in [6, 6.07) is 5.24. The maximum absolute atomic E-state index is 13.0. The van der Waals surface area contributed by atoms with Gasteiger partial charge in [-0.05, 0) is 43.7 Å². The van der Waals surface area contributed by atoms with Gasteiger partial charge in [0.1, 0.15) is 12.1 Å². The van der Waals surface area contributed by atoms with E-state index in [0.717, 1.165) is 18.7 Å². The summed E-state index contributed by atoms with van der Waals surface area (Å²) in [4.78, 5) is 23.8. The van der Waals surface area contributed by atoms with Gasteiger partial charge in [0.15, 0.2) is 11.6 Å². The standard InChI is InChI=1S/C23H26N6O4/c1-13(2)18(22-27-19(28-33-22)14-5-6-14)26-20(30)15-7-9-29(10-8-15)23-16(12-24)25-21(32-23)17-4-3-11-31-17/h3-4,11,13-15,18H,5-10H2,1-2H3,(H,26,30). The third kappa shape index (κ3) is 4.35. The molecule has 10 nitrogen and oxygen atoms in total. The first-order chi connectivity index (χ1) is 16.0. The van der Waals surface area contributed by atoms with Crippen LogP contribution in [0.1, 0.15) is 68.9 Å². The molecule has 5 rings (SSSR count). The average molecular weight is 450 g/mol. The fraction of sp³-hybridized carbons (Fsp3) is 0.522. The second kappa shape index (κ2) is 8.73. The summed E-state index contributed by atoms with van der Waals surface area (Å²) in [6.07, 6.45) is 4.99. The van der Waals surface area contributed by atoms with Crippen LogP contribution in [0.15, 0.2) is 31.8 Å². The lowest BCUT2D eigenvalue weighted by atomic mass is 9.94. The quantitative estimate of drug-likeness (QED) is 0.570. The number of furan rings is 1. The minimum atomic E-state index is -0.314. The lowest BCUT2D eigenvalue weighted by Crippen LogP contribution is -2.42. The SMILES string of the molecule is CC(C)C(NC(=O)C1CCN(c2oc(-c3ccco3)nc2C#N)CC1)c1nc(C2CC2)no1. The molecule has 2 fully saturated rings. The zero-order valence-corrected chi connectivity index (χ0v) is 18.7. The van der Waals surface area contributed by atoms with Gasteiger partial charge < -0.3 is 23.6 Å². The molecule has 33 heavy (non-hydrogen) atoms. The Bertz CT molecular complexity index is 1150. The number of aromatic nitrogens is 3. The van der Waals surface area contributed by atoms with Gasteiger partial charge in [-0.1, -0.05) is 19.0 Å². The van der Waals surface area contributed by atoms with E-state index in [1.54, 1.807) is 12.1 Å². The van der Waals surface area contributed by atoms with E-state index in [-0.39, 0.29) is 35.4 Å². The molecular weight excluding hydrogens is 424 g/mol. The van der Waals surface area contributed by atoms with Crippen LogP contribution < -0.4 is 10.2 Å². The molecule has 1 aliphatic heterocycles. The van der Waals surface area contributed by atoms with Crippen LogP contribution in [-0.2, 0) is 4.79 Å². The Morgan fingerprint density at radius 2 is 2.03 bits per heavy atom. The molecule has 172 valence electrons. The molecule has 0 spiro atoms. The highest BCUT2D eigenvalue weighted by Gasteiger charge is 2.34. The Labute approximate surface area is 191 Å². The number of hydrogen-bond acceptors (Lipinski definition) is 9. The van der Waals surface area contributed by atoms with Gasteiger partial charge in [-0.3, -0.25) is 4.79 Å². The highest BCUT2D eigenvalue weighted by Crippen LogP contribution is 2.39. The molecule has 0 aromatic carbocycles. The maximum Gasteiger partial charge on any atom is 0.266 e. The molecule has 1 atom stereocenters. The predicted molar refractivity (Wildman–Crippen MR) is 116 cm³/mol. The van der Waals surface area contributed by atoms with Crippen molar-refractivity contribution in [3.05, 3.63) is 35.8 Å². The number of hydrogen-bond donors (Lipinski definition) is 1. The van der Waals surface area contributed by atoms with Crippen molar-refractivity contribution in [2.75, 3.05) is 18.0 Å². The van der Waals surface area contributed by atoms with Gasteiger partial charge in [0.05, 0.1) is 6.26 Å². The lowest BCUT2D eigenvalue weighted by Gasteiger charge is -2.32. The molecular formula is C23H26N6O4. The van der Waals surface area contributed by atoms with Gasteiger partial charge in [-0.2, -0.15) is 15.2 Å². The van der Waals surface area contributed by atoms with Crippen LogP contribution in [0.25, 0.3) is 11.7 Å². The highest BCUT2D eigenvalue weighted by molar-refractivity contribution is 5.79. The van der Waals surface area contributed by atoms with E-state index in [4.69, 9.17) is 13.4 Å². The van der Waals surface area contributed by atoms with Crippen molar-refractivity contribution in [3.8, 4) is 17.7 Å². The number of carbonyl (C=O) groups is 1. The van der Waals surface area contributed by atoms with Crippen LogP contribution in [0.2, 0.25) is 0 Å². The number of nitrogens with one attached hydrogen (secondary N) is 1. The van der Waals surface area contributed by atoms with E-state index < -0.39 is 0 Å². The minimum absolute atomic E-state index is 0.0196. The summed E-state index contributed by atoms with van der Waals surface area (Å²) in [5.74, 6) is 2.73. The van der Waals surface area contributed by atoms with Crippen molar-refractivity contribution in [1.82, 2.24) is 20.4 Å². The van der Waals surface area contributed by atoms with E-state index >= 15 is 0 Å². The fourth-order valence-corrected chi connectivity index (χ4v) is 4.12. The van der Waals surface area contributed by atoms with Gasteiger partial charge >= 0.3 is 0 Å². The van der Waals surface area contributed by atoms with Crippen molar-refractivity contribution in [2.24, 2.45) is 11.8 Å². The Morgan fingerprint density at radius 3 is 2.67 bits per heavy atom. The third-order valence-corrected chi connectivity index (χ3v) is 6.23. The fourth-order valence-electron chi connectivity index (χ4n) is 4.12. The number of carbonyl (C=O) groups excluding carboxylic acids is 1. The van der Waals surface area contributed by atoms with Gasteiger partial charge in [0, 0.05) is 24.9 Å². The van der Waals surface area contributed by atoms with Crippen molar-refractivity contribution < 1.29 is 18.2 Å². The summed E-state index contributed by atoms with van der Waals surface area (Å²) in [5, 5.41) is 16.7. The average Bonchev–Trinajstić information content (AvgIpc) is 3.23. The summed E-state index contributed by atoms with van der Waals surface area (Å²) in [5.41, 5.74) is 0.215. The van der Waals surface area contributed by atoms with Crippen molar-refractivity contribution in [3.63, 3.8) is 0 Å². The van der Waals surface area contributed by atoms with E-state index in [2.05, 4.69) is 26.5 Å². The monoisotopic (exact) mass is 450 g/mol. The molecule has 1 N–H and O–H groups in total. The molecule has 1 aliphatic carbocycles. The second-order valence-electron chi connectivity index (χ2n) is 9.02. The summed E-state index contributed by atoms with van der Waals surface area (Å²) >= 11 is 0. The van der Waals surface area contributed by atoms with Crippen LogP contribution in [0, 0.1) is 23.2 Å². The zero-order chi connectivity index (χ0) is 22.9. The lowest BCUT2D eigenvalue weighted by molar-refractivity contribution is -0.127. The van der Waals surface area contributed by atoms with Gasteiger partial charge in [-0.15, -0.1) is 0 Å². The maximum atomic E-state index is 13.0. The van der Waals surface area contributed by atoms with Crippen LogP contribution >= 0.6 is 0 Å². The summed E-state index contributed by atoms with van der Waals surface area (Å²) in [7, 11) is 0. The molecule has 10 heteroatoms. The topological polar surface area (TPSA) is 134 Å². The first-order valence-corrected chi connectivity index (χ1v) is 11.4.